The smallest absolute Gasteiger partial charge is 0.311 e. The summed E-state index contributed by atoms with van der Waals surface area (Å²) in [5, 5.41) is 2.17. The highest BCUT2D eigenvalue weighted by molar-refractivity contribution is 5.88. The van der Waals surface area contributed by atoms with E-state index in [9.17, 15) is 4.79 Å². The molecular formula is C19H22O4. The first-order valence-electron chi connectivity index (χ1n) is 8.12. The van der Waals surface area contributed by atoms with Crippen molar-refractivity contribution in [3.63, 3.8) is 0 Å². The third-order valence-corrected chi connectivity index (χ3v) is 4.34. The minimum atomic E-state index is -0.189. The molecule has 0 saturated carbocycles. The third kappa shape index (κ3) is 3.32. The number of rotatable bonds is 5. The van der Waals surface area contributed by atoms with Crippen molar-refractivity contribution in [2.24, 2.45) is 5.92 Å². The molecule has 1 saturated heterocycles. The van der Waals surface area contributed by atoms with E-state index in [1.165, 1.54) is 0 Å². The maximum Gasteiger partial charge on any atom is 0.311 e. The molecule has 0 N–H and O–H groups in total. The number of ether oxygens (including phenoxy) is 3. The minimum Gasteiger partial charge on any atom is -0.493 e. The summed E-state index contributed by atoms with van der Waals surface area (Å²) in [4.78, 5) is 12.3. The fourth-order valence-corrected chi connectivity index (χ4v) is 3.05. The zero-order chi connectivity index (χ0) is 16.2. The normalized spacial score (nSPS) is 20.6. The Hall–Kier alpha value is -2.07. The number of fused-ring (bicyclic) bond motifs is 1. The lowest BCUT2D eigenvalue weighted by molar-refractivity contribution is -0.151. The van der Waals surface area contributed by atoms with E-state index in [1.807, 2.05) is 50.2 Å². The Bertz CT molecular complexity index is 695. The lowest BCUT2D eigenvalue weighted by atomic mass is 10.0. The van der Waals surface area contributed by atoms with Gasteiger partial charge in [-0.1, -0.05) is 30.3 Å². The van der Waals surface area contributed by atoms with Gasteiger partial charge in [0, 0.05) is 12.2 Å². The second-order valence-electron chi connectivity index (χ2n) is 5.78. The molecule has 0 spiro atoms. The van der Waals surface area contributed by atoms with E-state index in [-0.39, 0.29) is 24.6 Å². The lowest BCUT2D eigenvalue weighted by Gasteiger charge is -2.16. The molecule has 1 heterocycles. The van der Waals surface area contributed by atoms with Crippen LogP contribution in [0.5, 0.6) is 5.75 Å². The van der Waals surface area contributed by atoms with Crippen molar-refractivity contribution in [3.8, 4) is 5.75 Å². The van der Waals surface area contributed by atoms with Crippen LogP contribution < -0.4 is 4.74 Å². The lowest BCUT2D eigenvalue weighted by Crippen LogP contribution is -2.23. The molecule has 23 heavy (non-hydrogen) atoms. The maximum atomic E-state index is 12.3. The van der Waals surface area contributed by atoms with Crippen molar-refractivity contribution in [3.05, 3.63) is 42.0 Å². The summed E-state index contributed by atoms with van der Waals surface area (Å²) in [6.45, 7) is 5.29. The highest BCUT2D eigenvalue weighted by Gasteiger charge is 2.32. The summed E-state index contributed by atoms with van der Waals surface area (Å²) in [6.07, 6.45) is 0.662. The standard InChI is InChI=1S/C19H22O4/c1-3-21-18-9-8-14-6-4-5-7-16(14)17(18)12-23-19(20)15-10-11-22-13(15)2/h4-9,13,15H,3,10-12H2,1-2H3. The first-order chi connectivity index (χ1) is 11.2. The van der Waals surface area contributed by atoms with Crippen molar-refractivity contribution in [1.29, 1.82) is 0 Å². The van der Waals surface area contributed by atoms with Crippen LogP contribution in [0.1, 0.15) is 25.8 Å². The molecule has 1 aliphatic heterocycles. The van der Waals surface area contributed by atoms with Crippen molar-refractivity contribution in [2.75, 3.05) is 13.2 Å². The van der Waals surface area contributed by atoms with Gasteiger partial charge < -0.3 is 14.2 Å². The zero-order valence-electron chi connectivity index (χ0n) is 13.6. The largest absolute Gasteiger partial charge is 0.493 e. The number of carbonyl (C=O) groups excluding carboxylic acids is 1. The van der Waals surface area contributed by atoms with Gasteiger partial charge in [0.05, 0.1) is 18.6 Å². The summed E-state index contributed by atoms with van der Waals surface area (Å²) in [5.74, 6) is 0.417. The Kier molecular flexibility index (Phi) is 4.82. The van der Waals surface area contributed by atoms with E-state index >= 15 is 0 Å². The molecule has 1 fully saturated rings. The average molecular weight is 314 g/mol. The summed E-state index contributed by atoms with van der Waals surface area (Å²) >= 11 is 0. The van der Waals surface area contributed by atoms with Gasteiger partial charge >= 0.3 is 5.97 Å². The Labute approximate surface area is 136 Å². The molecule has 0 bridgehead atoms. The zero-order valence-corrected chi connectivity index (χ0v) is 13.6. The van der Waals surface area contributed by atoms with Crippen LogP contribution in [0.2, 0.25) is 0 Å². The SMILES string of the molecule is CCOc1ccc2ccccc2c1COC(=O)C1CCOC1C. The van der Waals surface area contributed by atoms with Crippen LogP contribution in [-0.2, 0) is 20.9 Å². The molecule has 3 rings (SSSR count). The molecule has 0 amide bonds. The van der Waals surface area contributed by atoms with Crippen molar-refractivity contribution >= 4 is 16.7 Å². The van der Waals surface area contributed by atoms with Gasteiger partial charge in [0.2, 0.25) is 0 Å². The first-order valence-corrected chi connectivity index (χ1v) is 8.12. The van der Waals surface area contributed by atoms with Crippen molar-refractivity contribution in [2.45, 2.75) is 33.0 Å². The van der Waals surface area contributed by atoms with E-state index in [0.29, 0.717) is 13.2 Å². The molecule has 0 radical (unpaired) electrons. The second-order valence-corrected chi connectivity index (χ2v) is 5.78. The summed E-state index contributed by atoms with van der Waals surface area (Å²) in [6, 6.07) is 12.0. The molecule has 2 atom stereocenters. The van der Waals surface area contributed by atoms with E-state index < -0.39 is 0 Å². The molecule has 4 heteroatoms. The Morgan fingerprint density at radius 1 is 1.26 bits per heavy atom. The Morgan fingerprint density at radius 2 is 2.09 bits per heavy atom. The summed E-state index contributed by atoms with van der Waals surface area (Å²) in [7, 11) is 0. The Morgan fingerprint density at radius 3 is 2.83 bits per heavy atom. The minimum absolute atomic E-state index is 0.0682. The molecule has 2 aromatic rings. The highest BCUT2D eigenvalue weighted by Crippen LogP contribution is 2.30. The summed E-state index contributed by atoms with van der Waals surface area (Å²) in [5.41, 5.74) is 0.921. The molecule has 2 aromatic carbocycles. The van der Waals surface area contributed by atoms with Crippen molar-refractivity contribution < 1.29 is 19.0 Å². The predicted molar refractivity (Wildman–Crippen MR) is 88.4 cm³/mol. The molecular weight excluding hydrogens is 292 g/mol. The third-order valence-electron chi connectivity index (χ3n) is 4.34. The van der Waals surface area contributed by atoms with Gasteiger partial charge in [0.15, 0.2) is 0 Å². The quantitative estimate of drug-likeness (QED) is 0.789. The van der Waals surface area contributed by atoms with Crippen LogP contribution in [0.25, 0.3) is 10.8 Å². The molecule has 122 valence electrons. The van der Waals surface area contributed by atoms with Crippen LogP contribution in [0, 0.1) is 5.92 Å². The number of hydrogen-bond acceptors (Lipinski definition) is 4. The molecule has 2 unspecified atom stereocenters. The molecule has 0 aliphatic carbocycles. The van der Waals surface area contributed by atoms with Gasteiger partial charge in [-0.15, -0.1) is 0 Å². The number of hydrogen-bond donors (Lipinski definition) is 0. The second kappa shape index (κ2) is 7.01. The molecule has 0 aromatic heterocycles. The van der Waals surface area contributed by atoms with Gasteiger partial charge in [-0.25, -0.2) is 0 Å². The first kappa shape index (κ1) is 15.8. The van der Waals surface area contributed by atoms with Crippen LogP contribution in [0.15, 0.2) is 36.4 Å². The van der Waals surface area contributed by atoms with Gasteiger partial charge in [-0.2, -0.15) is 0 Å². The van der Waals surface area contributed by atoms with Crippen LogP contribution in [0.3, 0.4) is 0 Å². The van der Waals surface area contributed by atoms with Gasteiger partial charge in [-0.05, 0) is 37.1 Å². The number of carbonyl (C=O) groups is 1. The average Bonchev–Trinajstić information content (AvgIpc) is 3.00. The molecule has 1 aliphatic rings. The van der Waals surface area contributed by atoms with Gasteiger partial charge in [0.1, 0.15) is 12.4 Å². The highest BCUT2D eigenvalue weighted by atomic mass is 16.5. The van der Waals surface area contributed by atoms with Gasteiger partial charge in [-0.3, -0.25) is 4.79 Å². The van der Waals surface area contributed by atoms with Crippen molar-refractivity contribution in [1.82, 2.24) is 0 Å². The fourth-order valence-electron chi connectivity index (χ4n) is 3.05. The van der Waals surface area contributed by atoms with E-state index in [1.54, 1.807) is 0 Å². The fraction of sp³-hybridized carbons (Fsp3) is 0.421. The summed E-state index contributed by atoms with van der Waals surface area (Å²) < 4.78 is 16.7. The van der Waals surface area contributed by atoms with E-state index in [0.717, 1.165) is 28.5 Å². The van der Waals surface area contributed by atoms with E-state index in [2.05, 4.69) is 0 Å². The van der Waals surface area contributed by atoms with Gasteiger partial charge in [0.25, 0.3) is 0 Å². The monoisotopic (exact) mass is 314 g/mol. The predicted octanol–water partition coefficient (Wildman–Crippen LogP) is 3.71. The number of benzene rings is 2. The van der Waals surface area contributed by atoms with Crippen LogP contribution in [-0.4, -0.2) is 25.3 Å². The molecule has 4 nitrogen and oxygen atoms in total. The maximum absolute atomic E-state index is 12.3. The van der Waals surface area contributed by atoms with E-state index in [4.69, 9.17) is 14.2 Å². The van der Waals surface area contributed by atoms with Crippen LogP contribution in [0.4, 0.5) is 0 Å². The number of esters is 1. The van der Waals surface area contributed by atoms with Crippen LogP contribution >= 0.6 is 0 Å². The topological polar surface area (TPSA) is 44.8 Å². The Balaban J connectivity index is 1.83.